The molecule has 156 valence electrons. The van der Waals surface area contributed by atoms with Crippen LogP contribution in [0.2, 0.25) is 0 Å². The first kappa shape index (κ1) is 21.3. The largest absolute Gasteiger partial charge is 0.481 e. The van der Waals surface area contributed by atoms with Gasteiger partial charge in [-0.05, 0) is 43.2 Å². The maximum absolute atomic E-state index is 12.9. The fourth-order valence-electron chi connectivity index (χ4n) is 3.05. The van der Waals surface area contributed by atoms with Crippen LogP contribution in [0.1, 0.15) is 21.5 Å². The average Bonchev–Trinajstić information content (AvgIpc) is 2.72. The van der Waals surface area contributed by atoms with Gasteiger partial charge in [-0.25, -0.2) is 18.1 Å². The van der Waals surface area contributed by atoms with Crippen molar-refractivity contribution in [2.24, 2.45) is 0 Å². The number of nitrogens with one attached hydrogen (secondary N) is 2. The van der Waals surface area contributed by atoms with Gasteiger partial charge in [0, 0.05) is 24.2 Å². The molecular weight excluding hydrogens is 404 g/mol. The highest BCUT2D eigenvalue weighted by Gasteiger charge is 2.19. The van der Waals surface area contributed by atoms with Gasteiger partial charge in [-0.15, -0.1) is 0 Å². The molecule has 9 heteroatoms. The molecule has 3 rings (SSSR count). The summed E-state index contributed by atoms with van der Waals surface area (Å²) in [4.78, 5) is 20.3. The number of carbonyl (C=O) groups is 1. The van der Waals surface area contributed by atoms with E-state index < -0.39 is 10.0 Å². The standard InChI is InChI=1S/C21H22N4O4S/c1-13-7-5-8-14(2)19(13)17-12-18(29-4)24-21(23-17)25-30(27,28)16-10-6-9-15(11-16)20(26)22-3/h5-12H,1-4H3,(H,22,26)(H,23,24,25). The van der Waals surface area contributed by atoms with Crippen LogP contribution in [0.15, 0.2) is 53.4 Å². The number of methoxy groups -OCH3 is 1. The van der Waals surface area contributed by atoms with E-state index in [1.807, 2.05) is 32.0 Å². The van der Waals surface area contributed by atoms with E-state index in [2.05, 4.69) is 20.0 Å². The minimum absolute atomic E-state index is 0.0800. The molecule has 0 aliphatic carbocycles. The number of carbonyl (C=O) groups excluding carboxylic acids is 1. The number of amides is 1. The van der Waals surface area contributed by atoms with E-state index in [0.29, 0.717) is 5.69 Å². The first-order chi connectivity index (χ1) is 14.2. The van der Waals surface area contributed by atoms with Crippen molar-refractivity contribution >= 4 is 21.9 Å². The fraction of sp³-hybridized carbons (Fsp3) is 0.190. The van der Waals surface area contributed by atoms with Gasteiger partial charge in [-0.1, -0.05) is 24.3 Å². The normalized spacial score (nSPS) is 11.1. The van der Waals surface area contributed by atoms with Gasteiger partial charge in [0.15, 0.2) is 0 Å². The van der Waals surface area contributed by atoms with Crippen LogP contribution in [0.3, 0.4) is 0 Å². The predicted octanol–water partition coefficient (Wildman–Crippen LogP) is 2.93. The molecule has 0 atom stereocenters. The van der Waals surface area contributed by atoms with Crippen LogP contribution in [-0.4, -0.2) is 38.5 Å². The maximum atomic E-state index is 12.9. The number of ether oxygens (including phenoxy) is 1. The van der Waals surface area contributed by atoms with E-state index >= 15 is 0 Å². The van der Waals surface area contributed by atoms with E-state index in [9.17, 15) is 13.2 Å². The molecule has 2 N–H and O–H groups in total. The first-order valence-corrected chi connectivity index (χ1v) is 10.6. The van der Waals surface area contributed by atoms with E-state index in [1.54, 1.807) is 6.07 Å². The molecule has 1 heterocycles. The lowest BCUT2D eigenvalue weighted by atomic mass is 10.00. The molecule has 8 nitrogen and oxygen atoms in total. The monoisotopic (exact) mass is 426 g/mol. The second-order valence-electron chi connectivity index (χ2n) is 6.60. The Labute approximate surface area is 175 Å². The Balaban J connectivity index is 2.03. The summed E-state index contributed by atoms with van der Waals surface area (Å²) >= 11 is 0. The molecule has 2 aromatic carbocycles. The van der Waals surface area contributed by atoms with Crippen LogP contribution in [0.4, 0.5) is 5.95 Å². The van der Waals surface area contributed by atoms with Gasteiger partial charge in [0.05, 0.1) is 17.7 Å². The van der Waals surface area contributed by atoms with Crippen molar-refractivity contribution in [2.75, 3.05) is 18.9 Å². The van der Waals surface area contributed by atoms with Gasteiger partial charge >= 0.3 is 0 Å². The van der Waals surface area contributed by atoms with Crippen molar-refractivity contribution in [1.29, 1.82) is 0 Å². The SMILES string of the molecule is CNC(=O)c1cccc(S(=O)(=O)Nc2nc(OC)cc(-c3c(C)cccc3C)n2)c1. The fourth-order valence-corrected chi connectivity index (χ4v) is 4.04. The van der Waals surface area contributed by atoms with Crippen molar-refractivity contribution in [3.8, 4) is 17.1 Å². The smallest absolute Gasteiger partial charge is 0.264 e. The van der Waals surface area contributed by atoms with Gasteiger partial charge in [-0.3, -0.25) is 4.79 Å². The maximum Gasteiger partial charge on any atom is 0.264 e. The molecule has 0 saturated carbocycles. The van der Waals surface area contributed by atoms with E-state index in [4.69, 9.17) is 4.74 Å². The summed E-state index contributed by atoms with van der Waals surface area (Å²) in [5, 5.41) is 2.47. The Morgan fingerprint density at radius 2 is 1.67 bits per heavy atom. The molecule has 0 unspecified atom stereocenters. The predicted molar refractivity (Wildman–Crippen MR) is 114 cm³/mol. The molecule has 0 spiro atoms. The molecule has 0 fully saturated rings. The second-order valence-corrected chi connectivity index (χ2v) is 8.28. The number of nitrogens with zero attached hydrogens (tertiary/aromatic N) is 2. The third kappa shape index (κ3) is 4.41. The summed E-state index contributed by atoms with van der Waals surface area (Å²) in [6.07, 6.45) is 0. The third-order valence-corrected chi connectivity index (χ3v) is 5.83. The van der Waals surface area contributed by atoms with Crippen LogP contribution in [0, 0.1) is 13.8 Å². The van der Waals surface area contributed by atoms with Crippen molar-refractivity contribution in [1.82, 2.24) is 15.3 Å². The Hall–Kier alpha value is -3.46. The van der Waals surface area contributed by atoms with Crippen LogP contribution in [-0.2, 0) is 10.0 Å². The number of aromatic nitrogens is 2. The van der Waals surface area contributed by atoms with E-state index in [-0.39, 0.29) is 28.2 Å². The minimum atomic E-state index is -4.03. The van der Waals surface area contributed by atoms with Gasteiger partial charge in [-0.2, -0.15) is 4.98 Å². The van der Waals surface area contributed by atoms with Gasteiger partial charge in [0.25, 0.3) is 15.9 Å². The summed E-state index contributed by atoms with van der Waals surface area (Å²) in [5.41, 5.74) is 3.61. The number of sulfonamides is 1. The van der Waals surface area contributed by atoms with Crippen LogP contribution in [0.25, 0.3) is 11.3 Å². The average molecular weight is 426 g/mol. The zero-order valence-corrected chi connectivity index (χ0v) is 17.9. The Morgan fingerprint density at radius 1 is 1.00 bits per heavy atom. The lowest BCUT2D eigenvalue weighted by Crippen LogP contribution is -2.19. The summed E-state index contributed by atoms with van der Waals surface area (Å²) in [6.45, 7) is 3.90. The Morgan fingerprint density at radius 3 is 2.30 bits per heavy atom. The minimum Gasteiger partial charge on any atom is -0.481 e. The van der Waals surface area contributed by atoms with Gasteiger partial charge in [0.1, 0.15) is 0 Å². The van der Waals surface area contributed by atoms with Crippen LogP contribution >= 0.6 is 0 Å². The lowest BCUT2D eigenvalue weighted by Gasteiger charge is -2.13. The topological polar surface area (TPSA) is 110 Å². The van der Waals surface area contributed by atoms with Gasteiger partial charge < -0.3 is 10.1 Å². The Bertz CT molecular complexity index is 1190. The zero-order chi connectivity index (χ0) is 21.9. The summed E-state index contributed by atoms with van der Waals surface area (Å²) in [6, 6.07) is 13.2. The molecule has 1 amide bonds. The molecule has 0 bridgehead atoms. The van der Waals surface area contributed by atoms with Crippen molar-refractivity contribution < 1.29 is 17.9 Å². The number of anilines is 1. The molecule has 0 saturated heterocycles. The number of aryl methyl sites for hydroxylation is 2. The van der Waals surface area contributed by atoms with Gasteiger partial charge in [0.2, 0.25) is 11.8 Å². The van der Waals surface area contributed by atoms with E-state index in [1.165, 1.54) is 38.4 Å². The molecule has 3 aromatic rings. The van der Waals surface area contributed by atoms with Crippen LogP contribution in [0.5, 0.6) is 5.88 Å². The Kier molecular flexibility index (Phi) is 6.02. The quantitative estimate of drug-likeness (QED) is 0.627. The second kappa shape index (κ2) is 8.50. The number of benzene rings is 2. The summed E-state index contributed by atoms with van der Waals surface area (Å²) in [7, 11) is -1.11. The van der Waals surface area contributed by atoms with Crippen molar-refractivity contribution in [3.63, 3.8) is 0 Å². The van der Waals surface area contributed by atoms with Crippen LogP contribution < -0.4 is 14.8 Å². The lowest BCUT2D eigenvalue weighted by molar-refractivity contribution is 0.0963. The highest BCUT2D eigenvalue weighted by atomic mass is 32.2. The first-order valence-electron chi connectivity index (χ1n) is 9.10. The van der Waals surface area contributed by atoms with Crippen molar-refractivity contribution in [2.45, 2.75) is 18.7 Å². The number of hydrogen-bond donors (Lipinski definition) is 2. The summed E-state index contributed by atoms with van der Waals surface area (Å²) < 4.78 is 33.4. The molecule has 0 aliphatic rings. The zero-order valence-electron chi connectivity index (χ0n) is 17.1. The van der Waals surface area contributed by atoms with E-state index in [0.717, 1.165) is 16.7 Å². The highest BCUT2D eigenvalue weighted by Crippen LogP contribution is 2.29. The molecule has 0 radical (unpaired) electrons. The molecular formula is C21H22N4O4S. The molecule has 0 aliphatic heterocycles. The van der Waals surface area contributed by atoms with Crippen molar-refractivity contribution in [3.05, 3.63) is 65.2 Å². The summed E-state index contributed by atoms with van der Waals surface area (Å²) in [5.74, 6) is -0.293. The molecule has 1 aromatic heterocycles. The number of hydrogen-bond acceptors (Lipinski definition) is 6. The third-order valence-electron chi connectivity index (χ3n) is 4.51. The number of rotatable bonds is 6. The highest BCUT2D eigenvalue weighted by molar-refractivity contribution is 7.92. The molecule has 30 heavy (non-hydrogen) atoms.